The highest BCUT2D eigenvalue weighted by Gasteiger charge is 2.21. The van der Waals surface area contributed by atoms with E-state index in [0.29, 0.717) is 18.8 Å². The van der Waals surface area contributed by atoms with Crippen molar-refractivity contribution in [2.75, 3.05) is 13.2 Å². The first kappa shape index (κ1) is 7.40. The summed E-state index contributed by atoms with van der Waals surface area (Å²) in [5.74, 6) is 0.752. The second-order valence-corrected chi connectivity index (χ2v) is 2.89. The van der Waals surface area contributed by atoms with Crippen LogP contribution in [0.2, 0.25) is 0 Å². The largest absolute Gasteiger partial charge is 0.496 e. The minimum Gasteiger partial charge on any atom is -0.496 e. The van der Waals surface area contributed by atoms with Crippen molar-refractivity contribution >= 4 is 6.29 Å². The summed E-state index contributed by atoms with van der Waals surface area (Å²) >= 11 is 0. The highest BCUT2D eigenvalue weighted by Crippen LogP contribution is 2.27. The van der Waals surface area contributed by atoms with Crippen molar-refractivity contribution in [2.45, 2.75) is 12.8 Å². The van der Waals surface area contributed by atoms with Gasteiger partial charge in [0, 0.05) is 5.57 Å². The standard InChI is InChI=1S/C9H10O3/c10-4-8-6-11-5-7-2-1-3-12-9(7)8/h4,6H,1-3,5H2. The summed E-state index contributed by atoms with van der Waals surface area (Å²) < 4.78 is 10.5. The van der Waals surface area contributed by atoms with Gasteiger partial charge in [0.25, 0.3) is 0 Å². The molecule has 2 aliphatic rings. The quantitative estimate of drug-likeness (QED) is 0.548. The van der Waals surface area contributed by atoms with Gasteiger partial charge in [-0.05, 0) is 12.8 Å². The third-order valence-corrected chi connectivity index (χ3v) is 2.05. The highest BCUT2D eigenvalue weighted by molar-refractivity contribution is 5.79. The van der Waals surface area contributed by atoms with E-state index in [-0.39, 0.29) is 0 Å². The van der Waals surface area contributed by atoms with Gasteiger partial charge in [-0.2, -0.15) is 0 Å². The van der Waals surface area contributed by atoms with Crippen molar-refractivity contribution in [3.05, 3.63) is 23.2 Å². The van der Waals surface area contributed by atoms with E-state index in [2.05, 4.69) is 0 Å². The lowest BCUT2D eigenvalue weighted by Gasteiger charge is -2.24. The second-order valence-electron chi connectivity index (χ2n) is 2.89. The fourth-order valence-electron chi connectivity index (χ4n) is 1.47. The van der Waals surface area contributed by atoms with Crippen molar-refractivity contribution < 1.29 is 14.3 Å². The van der Waals surface area contributed by atoms with Crippen LogP contribution in [0, 0.1) is 0 Å². The van der Waals surface area contributed by atoms with E-state index in [1.165, 1.54) is 6.26 Å². The first-order chi connectivity index (χ1) is 5.92. The smallest absolute Gasteiger partial charge is 0.156 e. The summed E-state index contributed by atoms with van der Waals surface area (Å²) in [5.41, 5.74) is 1.65. The molecule has 0 radical (unpaired) electrons. The number of allylic oxidation sites excluding steroid dienone is 1. The van der Waals surface area contributed by atoms with E-state index < -0.39 is 0 Å². The molecule has 3 heteroatoms. The maximum Gasteiger partial charge on any atom is 0.156 e. The molecule has 0 saturated carbocycles. The number of carbonyl (C=O) groups is 1. The predicted octanol–water partition coefficient (Wildman–Crippen LogP) is 1.16. The Bertz CT molecular complexity index is 263. The van der Waals surface area contributed by atoms with Crippen molar-refractivity contribution in [3.63, 3.8) is 0 Å². The number of ether oxygens (including phenoxy) is 2. The van der Waals surface area contributed by atoms with Gasteiger partial charge in [-0.25, -0.2) is 0 Å². The number of rotatable bonds is 1. The third-order valence-electron chi connectivity index (χ3n) is 2.05. The molecule has 0 aromatic rings. The molecule has 2 heterocycles. The number of hydrogen-bond donors (Lipinski definition) is 0. The minimum absolute atomic E-state index is 0.538. The maximum absolute atomic E-state index is 10.6. The molecule has 0 fully saturated rings. The summed E-state index contributed by atoms with van der Waals surface area (Å²) in [6.07, 6.45) is 4.26. The zero-order valence-electron chi connectivity index (χ0n) is 6.71. The van der Waals surface area contributed by atoms with Crippen LogP contribution in [0.1, 0.15) is 12.8 Å². The monoisotopic (exact) mass is 166 g/mol. The average Bonchev–Trinajstić information content (AvgIpc) is 2.17. The van der Waals surface area contributed by atoms with Gasteiger partial charge >= 0.3 is 0 Å². The van der Waals surface area contributed by atoms with Crippen molar-refractivity contribution in [1.29, 1.82) is 0 Å². The summed E-state index contributed by atoms with van der Waals surface area (Å²) in [7, 11) is 0. The number of carbonyl (C=O) groups excluding carboxylic acids is 1. The van der Waals surface area contributed by atoms with E-state index in [4.69, 9.17) is 9.47 Å². The fourth-order valence-corrected chi connectivity index (χ4v) is 1.47. The molecule has 12 heavy (non-hydrogen) atoms. The normalized spacial score (nSPS) is 21.8. The third kappa shape index (κ3) is 1.11. The molecule has 64 valence electrons. The topological polar surface area (TPSA) is 35.5 Å². The average molecular weight is 166 g/mol. The lowest BCUT2D eigenvalue weighted by Crippen LogP contribution is -2.16. The van der Waals surface area contributed by atoms with Crippen molar-refractivity contribution in [2.24, 2.45) is 0 Å². The Morgan fingerprint density at radius 1 is 1.50 bits per heavy atom. The van der Waals surface area contributed by atoms with Gasteiger partial charge in [-0.3, -0.25) is 4.79 Å². The molecule has 0 amide bonds. The van der Waals surface area contributed by atoms with Gasteiger partial charge in [0.1, 0.15) is 12.4 Å². The molecule has 0 saturated heterocycles. The van der Waals surface area contributed by atoms with Gasteiger partial charge in [0.05, 0.1) is 18.4 Å². The summed E-state index contributed by atoms with van der Waals surface area (Å²) in [5, 5.41) is 0. The van der Waals surface area contributed by atoms with Crippen molar-refractivity contribution in [1.82, 2.24) is 0 Å². The first-order valence-electron chi connectivity index (χ1n) is 4.04. The van der Waals surface area contributed by atoms with Gasteiger partial charge in [-0.1, -0.05) is 0 Å². The Balaban J connectivity index is 2.32. The van der Waals surface area contributed by atoms with Crippen LogP contribution in [0.5, 0.6) is 0 Å². The van der Waals surface area contributed by atoms with Crippen LogP contribution in [0.4, 0.5) is 0 Å². The maximum atomic E-state index is 10.6. The SMILES string of the molecule is O=CC1=COCC2=C1OCCC2. The predicted molar refractivity (Wildman–Crippen MR) is 42.3 cm³/mol. The van der Waals surface area contributed by atoms with Crippen LogP contribution < -0.4 is 0 Å². The lowest BCUT2D eigenvalue weighted by atomic mass is 10.0. The molecule has 0 atom stereocenters. The van der Waals surface area contributed by atoms with Crippen LogP contribution >= 0.6 is 0 Å². The van der Waals surface area contributed by atoms with Crippen LogP contribution in [0.15, 0.2) is 23.2 Å². The van der Waals surface area contributed by atoms with Crippen LogP contribution in [-0.2, 0) is 14.3 Å². The van der Waals surface area contributed by atoms with Crippen LogP contribution in [0.3, 0.4) is 0 Å². The lowest BCUT2D eigenvalue weighted by molar-refractivity contribution is -0.105. The molecule has 0 bridgehead atoms. The van der Waals surface area contributed by atoms with E-state index in [0.717, 1.165) is 30.5 Å². The Kier molecular flexibility index (Phi) is 1.86. The van der Waals surface area contributed by atoms with Gasteiger partial charge in [0.15, 0.2) is 6.29 Å². The van der Waals surface area contributed by atoms with E-state index >= 15 is 0 Å². The molecule has 0 unspecified atom stereocenters. The molecule has 0 aliphatic carbocycles. The Morgan fingerprint density at radius 3 is 3.25 bits per heavy atom. The second kappa shape index (κ2) is 3.01. The van der Waals surface area contributed by atoms with Gasteiger partial charge in [0.2, 0.25) is 0 Å². The zero-order valence-corrected chi connectivity index (χ0v) is 6.71. The van der Waals surface area contributed by atoms with E-state index in [9.17, 15) is 4.79 Å². The number of aldehydes is 1. The highest BCUT2D eigenvalue weighted by atomic mass is 16.5. The summed E-state index contributed by atoms with van der Waals surface area (Å²) in [6, 6.07) is 0. The molecule has 3 nitrogen and oxygen atoms in total. The first-order valence-corrected chi connectivity index (χ1v) is 4.04. The van der Waals surface area contributed by atoms with Gasteiger partial charge in [-0.15, -0.1) is 0 Å². The molecule has 0 N–H and O–H groups in total. The Hall–Kier alpha value is -1.25. The van der Waals surface area contributed by atoms with E-state index in [1.54, 1.807) is 0 Å². The molecule has 2 rings (SSSR count). The number of hydrogen-bond acceptors (Lipinski definition) is 3. The molecule has 0 aromatic heterocycles. The molecule has 0 aromatic carbocycles. The molecule has 2 aliphatic heterocycles. The molecule has 0 spiro atoms. The molecular weight excluding hydrogens is 156 g/mol. The minimum atomic E-state index is 0.538. The fraction of sp³-hybridized carbons (Fsp3) is 0.444. The van der Waals surface area contributed by atoms with Crippen LogP contribution in [-0.4, -0.2) is 19.5 Å². The van der Waals surface area contributed by atoms with Gasteiger partial charge < -0.3 is 9.47 Å². The summed E-state index contributed by atoms with van der Waals surface area (Å²) in [6.45, 7) is 1.29. The Morgan fingerprint density at radius 2 is 2.42 bits per heavy atom. The van der Waals surface area contributed by atoms with Crippen molar-refractivity contribution in [3.8, 4) is 0 Å². The van der Waals surface area contributed by atoms with E-state index in [1.807, 2.05) is 0 Å². The Labute approximate surface area is 70.7 Å². The summed E-state index contributed by atoms with van der Waals surface area (Å²) in [4.78, 5) is 10.6. The van der Waals surface area contributed by atoms with Crippen LogP contribution in [0.25, 0.3) is 0 Å². The molecular formula is C9H10O3. The zero-order chi connectivity index (χ0) is 8.39.